The minimum absolute atomic E-state index is 0.0531. The molecule has 1 atom stereocenters. The minimum Gasteiger partial charge on any atom is -0.211 e. The van der Waals surface area contributed by atoms with E-state index in [0.717, 1.165) is 0 Å². The molecule has 0 aromatic rings. The van der Waals surface area contributed by atoms with E-state index in [1.807, 2.05) is 0 Å². The molecule has 1 unspecified atom stereocenters. The number of sulfonamides is 1. The number of hydrogen-bond acceptors (Lipinski definition) is 4. The molecule has 0 saturated carbocycles. The molecule has 9 heteroatoms. The summed E-state index contributed by atoms with van der Waals surface area (Å²) in [4.78, 5) is 0. The summed E-state index contributed by atoms with van der Waals surface area (Å²) >= 11 is 10.1. The Hall–Kier alpha value is 0.260. The standard InChI is InChI=1S/C6H9Cl2FN2O2S2/c1-3-15(12,13)11(5(2)4-10)14-6(7,8)9/h5H,3H2,1-2H3. The Balaban J connectivity index is 5.02. The molecular formula is C6H9Cl2FN2O2S2. The fourth-order valence-corrected chi connectivity index (χ4v) is 3.62. The van der Waals surface area contributed by atoms with Crippen molar-refractivity contribution in [3.05, 3.63) is 0 Å². The molecule has 0 fully saturated rings. The first-order valence-corrected chi connectivity index (χ1v) is 6.95. The highest BCUT2D eigenvalue weighted by molar-refractivity contribution is 8.10. The Morgan fingerprint density at radius 1 is 1.67 bits per heavy atom. The average molecular weight is 295 g/mol. The maximum absolute atomic E-state index is 12.9. The summed E-state index contributed by atoms with van der Waals surface area (Å²) in [6.45, 7) is 2.68. The Morgan fingerprint density at radius 3 is 2.40 bits per heavy atom. The van der Waals surface area contributed by atoms with Crippen LogP contribution in [0.25, 0.3) is 0 Å². The van der Waals surface area contributed by atoms with Gasteiger partial charge in [-0.05, 0) is 13.8 Å². The smallest absolute Gasteiger partial charge is 0.211 e. The molecule has 0 radical (unpaired) electrons. The van der Waals surface area contributed by atoms with Crippen LogP contribution in [0.15, 0.2) is 0 Å². The maximum atomic E-state index is 12.9. The second-order valence-electron chi connectivity index (χ2n) is 2.50. The van der Waals surface area contributed by atoms with Crippen molar-refractivity contribution < 1.29 is 12.8 Å². The lowest BCUT2D eigenvalue weighted by atomic mass is 10.4. The zero-order valence-electron chi connectivity index (χ0n) is 7.95. The molecule has 15 heavy (non-hydrogen) atoms. The van der Waals surface area contributed by atoms with Crippen LogP contribution in [0.3, 0.4) is 0 Å². The van der Waals surface area contributed by atoms with Gasteiger partial charge in [0.15, 0.2) is 0 Å². The van der Waals surface area contributed by atoms with Gasteiger partial charge in [-0.25, -0.2) is 8.42 Å². The first kappa shape index (κ1) is 15.3. The molecule has 0 bridgehead atoms. The molecule has 0 amide bonds. The fraction of sp³-hybridized carbons (Fsp3) is 0.833. The molecule has 0 aliphatic heterocycles. The lowest BCUT2D eigenvalue weighted by molar-refractivity contribution is 0.487. The van der Waals surface area contributed by atoms with Gasteiger partial charge in [-0.3, -0.25) is 0 Å². The molecule has 4 nitrogen and oxygen atoms in total. The van der Waals surface area contributed by atoms with Crippen LogP contribution in [-0.2, 0) is 10.0 Å². The van der Waals surface area contributed by atoms with Crippen LogP contribution in [0.1, 0.15) is 13.8 Å². The molecule has 0 aliphatic carbocycles. The van der Waals surface area contributed by atoms with Gasteiger partial charge in [0.25, 0.3) is 0 Å². The third kappa shape index (κ3) is 5.22. The van der Waals surface area contributed by atoms with Gasteiger partial charge in [-0.2, -0.15) is 9.65 Å². The molecule has 0 aromatic heterocycles. The third-order valence-electron chi connectivity index (χ3n) is 1.34. The van der Waals surface area contributed by atoms with Crippen LogP contribution in [0.5, 0.6) is 0 Å². The van der Waals surface area contributed by atoms with Gasteiger partial charge in [0.2, 0.25) is 10.0 Å². The number of hydrogen-bond donors (Lipinski definition) is 0. The molecule has 0 spiro atoms. The van der Waals surface area contributed by atoms with Gasteiger partial charge >= 0.3 is 3.92 Å². The van der Waals surface area contributed by atoms with E-state index in [-0.39, 0.29) is 17.7 Å². The van der Waals surface area contributed by atoms with Crippen LogP contribution in [0.4, 0.5) is 4.39 Å². The average Bonchev–Trinajstić information content (AvgIpc) is 2.11. The van der Waals surface area contributed by atoms with Crippen LogP contribution < -0.4 is 0 Å². The van der Waals surface area contributed by atoms with E-state index in [0.29, 0.717) is 3.71 Å². The van der Waals surface area contributed by atoms with E-state index >= 15 is 0 Å². The van der Waals surface area contributed by atoms with Gasteiger partial charge < -0.3 is 0 Å². The van der Waals surface area contributed by atoms with E-state index < -0.39 is 20.0 Å². The molecule has 0 aliphatic rings. The zero-order valence-corrected chi connectivity index (χ0v) is 11.1. The van der Waals surface area contributed by atoms with Crippen LogP contribution in [0, 0.1) is 11.3 Å². The highest BCUT2D eigenvalue weighted by Gasteiger charge is 2.36. The second kappa shape index (κ2) is 5.55. The monoisotopic (exact) mass is 294 g/mol. The minimum atomic E-state index is -3.74. The Bertz CT molecular complexity index is 349. The summed E-state index contributed by atoms with van der Waals surface area (Å²) in [5.41, 5.74) is 0. The maximum Gasteiger partial charge on any atom is 0.319 e. The van der Waals surface area contributed by atoms with Crippen molar-refractivity contribution in [1.29, 1.82) is 5.26 Å². The highest BCUT2D eigenvalue weighted by Crippen LogP contribution is 2.40. The summed E-state index contributed by atoms with van der Waals surface area (Å²) in [6, 6.07) is 0.621. The lowest BCUT2D eigenvalue weighted by Gasteiger charge is -2.24. The zero-order chi connectivity index (χ0) is 12.3. The molecule has 0 rings (SSSR count). The molecule has 0 saturated heterocycles. The predicted molar refractivity (Wildman–Crippen MR) is 59.5 cm³/mol. The van der Waals surface area contributed by atoms with Crippen molar-refractivity contribution in [2.24, 2.45) is 0 Å². The first-order valence-electron chi connectivity index (χ1n) is 3.81. The summed E-state index contributed by atoms with van der Waals surface area (Å²) in [7, 11) is -3.74. The summed E-state index contributed by atoms with van der Waals surface area (Å²) < 4.78 is 33.6. The molecule has 0 aromatic carbocycles. The van der Waals surface area contributed by atoms with Gasteiger partial charge in [0.1, 0.15) is 6.04 Å². The van der Waals surface area contributed by atoms with Crippen molar-refractivity contribution in [3.8, 4) is 6.07 Å². The van der Waals surface area contributed by atoms with Crippen molar-refractivity contribution in [1.82, 2.24) is 3.71 Å². The molecule has 0 heterocycles. The second-order valence-corrected chi connectivity index (χ2v) is 7.69. The topological polar surface area (TPSA) is 61.2 Å². The van der Waals surface area contributed by atoms with E-state index in [1.54, 1.807) is 6.07 Å². The fourth-order valence-electron chi connectivity index (χ4n) is 0.653. The molecule has 88 valence electrons. The Kier molecular flexibility index (Phi) is 5.64. The van der Waals surface area contributed by atoms with Crippen LogP contribution >= 0.6 is 35.1 Å². The number of halogens is 3. The van der Waals surface area contributed by atoms with Crippen molar-refractivity contribution in [2.45, 2.75) is 23.8 Å². The number of alkyl halides is 3. The summed E-state index contributed by atoms with van der Waals surface area (Å²) in [5, 5.41) is 8.58. The van der Waals surface area contributed by atoms with E-state index in [9.17, 15) is 12.8 Å². The van der Waals surface area contributed by atoms with E-state index in [4.69, 9.17) is 28.5 Å². The van der Waals surface area contributed by atoms with Gasteiger partial charge in [-0.1, -0.05) is 23.2 Å². The highest BCUT2D eigenvalue weighted by atomic mass is 35.5. The number of nitrogens with zero attached hydrogens (tertiary/aromatic N) is 2. The van der Waals surface area contributed by atoms with Crippen molar-refractivity contribution >= 4 is 45.2 Å². The predicted octanol–water partition coefficient (Wildman–Crippen LogP) is 2.26. The Morgan fingerprint density at radius 2 is 2.13 bits per heavy atom. The third-order valence-corrected chi connectivity index (χ3v) is 4.95. The lowest BCUT2D eigenvalue weighted by Crippen LogP contribution is -2.35. The molecule has 0 N–H and O–H groups in total. The summed E-state index contributed by atoms with van der Waals surface area (Å²) in [5.74, 6) is -0.268. The van der Waals surface area contributed by atoms with Crippen LogP contribution in [0.2, 0.25) is 0 Å². The van der Waals surface area contributed by atoms with Crippen LogP contribution in [-0.4, -0.2) is 27.8 Å². The van der Waals surface area contributed by atoms with Gasteiger partial charge in [-0.15, -0.1) is 3.71 Å². The van der Waals surface area contributed by atoms with Gasteiger partial charge in [0.05, 0.1) is 11.8 Å². The SMILES string of the molecule is CCS(=O)(=O)N(SC(F)(Cl)Cl)C(C)C#N. The quantitative estimate of drug-likeness (QED) is 0.576. The largest absolute Gasteiger partial charge is 0.319 e. The van der Waals surface area contributed by atoms with Crippen molar-refractivity contribution in [3.63, 3.8) is 0 Å². The van der Waals surface area contributed by atoms with Gasteiger partial charge in [0, 0.05) is 11.9 Å². The normalized spacial score (nSPS) is 15.0. The Labute approximate surface area is 103 Å². The number of nitriles is 1. The summed E-state index contributed by atoms with van der Waals surface area (Å²) in [6.07, 6.45) is 0. The van der Waals surface area contributed by atoms with E-state index in [2.05, 4.69) is 0 Å². The van der Waals surface area contributed by atoms with E-state index in [1.165, 1.54) is 13.8 Å². The first-order chi connectivity index (χ1) is 6.64. The number of rotatable bonds is 5. The van der Waals surface area contributed by atoms with Crippen molar-refractivity contribution in [2.75, 3.05) is 5.75 Å². The molecular weight excluding hydrogens is 286 g/mol.